The lowest BCUT2D eigenvalue weighted by Crippen LogP contribution is -2.61. The summed E-state index contributed by atoms with van der Waals surface area (Å²) in [5.41, 5.74) is 1.51. The topological polar surface area (TPSA) is 64.8 Å². The van der Waals surface area contributed by atoms with Gasteiger partial charge in [-0.1, -0.05) is 12.1 Å². The molecule has 2 saturated heterocycles. The summed E-state index contributed by atoms with van der Waals surface area (Å²) in [4.78, 5) is 23.0. The molecule has 2 aromatic rings. The van der Waals surface area contributed by atoms with Crippen LogP contribution in [0.15, 0.2) is 24.3 Å². The molecule has 0 radical (unpaired) electrons. The normalized spacial score (nSPS) is 26.2. The monoisotopic (exact) mass is 371 g/mol. The molecule has 0 unspecified atom stereocenters. The zero-order valence-corrected chi connectivity index (χ0v) is 16.4. The van der Waals surface area contributed by atoms with E-state index in [1.807, 2.05) is 23.1 Å². The fourth-order valence-corrected chi connectivity index (χ4v) is 4.51. The number of aromatic nitrogens is 2. The second-order valence-corrected chi connectivity index (χ2v) is 8.23. The van der Waals surface area contributed by atoms with E-state index in [2.05, 4.69) is 22.6 Å². The van der Waals surface area contributed by atoms with E-state index in [1.165, 1.54) is 0 Å². The summed E-state index contributed by atoms with van der Waals surface area (Å²) in [6.45, 7) is 3.66. The summed E-state index contributed by atoms with van der Waals surface area (Å²) in [5, 5.41) is 11.1. The lowest BCUT2D eigenvalue weighted by Gasteiger charge is -2.50. The number of nitrogens with zero attached hydrogens (tertiary/aromatic N) is 5. The Morgan fingerprint density at radius 2 is 2.00 bits per heavy atom. The highest BCUT2D eigenvalue weighted by Gasteiger charge is 2.46. The van der Waals surface area contributed by atoms with Crippen LogP contribution in [0.1, 0.15) is 18.7 Å². The Labute approximate surface area is 160 Å². The molecule has 7 heteroatoms. The summed E-state index contributed by atoms with van der Waals surface area (Å²) in [6.07, 6.45) is 1.42. The number of fused-ring (bicyclic) bond motifs is 2. The second-order valence-electron chi connectivity index (χ2n) is 8.23. The molecule has 146 valence electrons. The Hall–Kier alpha value is -2.12. The van der Waals surface area contributed by atoms with Gasteiger partial charge in [0.15, 0.2) is 0 Å². The Morgan fingerprint density at radius 1 is 1.26 bits per heavy atom. The third-order valence-electron chi connectivity index (χ3n) is 6.25. The fourth-order valence-electron chi connectivity index (χ4n) is 4.51. The number of imidazole rings is 1. The van der Waals surface area contributed by atoms with Gasteiger partial charge in [0.05, 0.1) is 23.2 Å². The van der Waals surface area contributed by atoms with E-state index in [0.717, 1.165) is 42.9 Å². The number of likely N-dealkylation sites (tertiary alicyclic amines) is 2. The van der Waals surface area contributed by atoms with E-state index in [1.54, 1.807) is 19.0 Å². The van der Waals surface area contributed by atoms with Crippen LogP contribution in [-0.2, 0) is 13.6 Å². The van der Waals surface area contributed by atoms with Gasteiger partial charge in [-0.05, 0) is 25.0 Å². The maximum Gasteiger partial charge on any atom is 0.319 e. The molecule has 1 N–H and O–H groups in total. The number of piperidine rings is 2. The molecule has 2 aliphatic rings. The van der Waals surface area contributed by atoms with Crippen molar-refractivity contribution in [2.24, 2.45) is 13.0 Å². The van der Waals surface area contributed by atoms with Crippen molar-refractivity contribution in [1.82, 2.24) is 24.3 Å². The molecular weight excluding hydrogens is 342 g/mol. The summed E-state index contributed by atoms with van der Waals surface area (Å²) in [6, 6.07) is 8.21. The Morgan fingerprint density at radius 3 is 2.74 bits per heavy atom. The highest BCUT2D eigenvalue weighted by Crippen LogP contribution is 2.36. The van der Waals surface area contributed by atoms with Crippen molar-refractivity contribution < 1.29 is 9.90 Å². The highest BCUT2D eigenvalue weighted by molar-refractivity contribution is 5.75. The Balaban J connectivity index is 1.48. The van der Waals surface area contributed by atoms with Crippen molar-refractivity contribution in [2.75, 3.05) is 40.3 Å². The van der Waals surface area contributed by atoms with Crippen LogP contribution in [-0.4, -0.2) is 81.3 Å². The Kier molecular flexibility index (Phi) is 4.60. The molecule has 4 rings (SSSR count). The van der Waals surface area contributed by atoms with E-state index in [4.69, 9.17) is 4.98 Å². The smallest absolute Gasteiger partial charge is 0.319 e. The number of para-hydroxylation sites is 2. The van der Waals surface area contributed by atoms with Crippen molar-refractivity contribution in [2.45, 2.75) is 25.0 Å². The van der Waals surface area contributed by atoms with Gasteiger partial charge in [-0.3, -0.25) is 4.90 Å². The molecule has 2 aliphatic heterocycles. The molecule has 0 bridgehead atoms. The Bertz CT molecular complexity index is 848. The summed E-state index contributed by atoms with van der Waals surface area (Å²) in [7, 11) is 5.62. The van der Waals surface area contributed by atoms with Crippen LogP contribution in [0, 0.1) is 5.92 Å². The molecule has 1 aromatic heterocycles. The first kappa shape index (κ1) is 18.3. The predicted molar refractivity (Wildman–Crippen MR) is 104 cm³/mol. The molecule has 0 spiro atoms. The van der Waals surface area contributed by atoms with Gasteiger partial charge < -0.3 is 19.5 Å². The lowest BCUT2D eigenvalue weighted by atomic mass is 9.75. The van der Waals surface area contributed by atoms with E-state index >= 15 is 0 Å². The minimum atomic E-state index is -0.647. The first-order valence-electron chi connectivity index (χ1n) is 9.69. The predicted octanol–water partition coefficient (Wildman–Crippen LogP) is 1.51. The fraction of sp³-hybridized carbons (Fsp3) is 0.600. The molecule has 0 aliphatic carbocycles. The number of benzene rings is 1. The number of aliphatic hydroxyl groups is 1. The maximum atomic E-state index is 12.3. The van der Waals surface area contributed by atoms with Gasteiger partial charge >= 0.3 is 6.03 Å². The van der Waals surface area contributed by atoms with Crippen LogP contribution >= 0.6 is 0 Å². The maximum absolute atomic E-state index is 12.3. The molecule has 3 heterocycles. The van der Waals surface area contributed by atoms with Crippen LogP contribution in [0.3, 0.4) is 0 Å². The first-order chi connectivity index (χ1) is 12.9. The molecule has 27 heavy (non-hydrogen) atoms. The number of aryl methyl sites for hydroxylation is 1. The molecule has 2 atom stereocenters. The van der Waals surface area contributed by atoms with Crippen LogP contribution in [0.2, 0.25) is 0 Å². The number of rotatable bonds is 2. The van der Waals surface area contributed by atoms with Crippen molar-refractivity contribution in [1.29, 1.82) is 0 Å². The van der Waals surface area contributed by atoms with Crippen molar-refractivity contribution >= 4 is 17.1 Å². The van der Waals surface area contributed by atoms with Gasteiger partial charge in [-0.2, -0.15) is 0 Å². The average Bonchev–Trinajstić information content (AvgIpc) is 2.97. The standard InChI is InChI=1S/C20H29N5O2/c1-22(2)19(26)25-11-9-20(27)8-10-24(12-15(20)13-25)14-18-21-16-6-4-5-7-17(16)23(18)3/h4-7,15,27H,8-14H2,1-3H3/t15-,20-/m0/s1. The van der Waals surface area contributed by atoms with Crippen molar-refractivity contribution in [3.05, 3.63) is 30.1 Å². The van der Waals surface area contributed by atoms with Crippen LogP contribution in [0.5, 0.6) is 0 Å². The molecule has 0 saturated carbocycles. The number of carbonyl (C=O) groups is 1. The van der Waals surface area contributed by atoms with Crippen molar-refractivity contribution in [3.63, 3.8) is 0 Å². The number of hydrogen-bond acceptors (Lipinski definition) is 4. The summed E-state index contributed by atoms with van der Waals surface area (Å²) < 4.78 is 2.15. The second kappa shape index (κ2) is 6.80. The molecular formula is C20H29N5O2. The zero-order chi connectivity index (χ0) is 19.2. The molecule has 2 fully saturated rings. The van der Waals surface area contributed by atoms with E-state index < -0.39 is 5.60 Å². The van der Waals surface area contributed by atoms with Gasteiger partial charge in [-0.25, -0.2) is 9.78 Å². The SMILES string of the molecule is CN(C)C(=O)N1CC[C@@]2(O)CCN(Cc3nc4ccccc4n3C)C[C@H]2C1. The van der Waals surface area contributed by atoms with E-state index in [0.29, 0.717) is 19.5 Å². The first-order valence-corrected chi connectivity index (χ1v) is 9.69. The van der Waals surface area contributed by atoms with Crippen molar-refractivity contribution in [3.8, 4) is 0 Å². The van der Waals surface area contributed by atoms with Crippen LogP contribution in [0.4, 0.5) is 4.79 Å². The minimum absolute atomic E-state index is 0.0320. The largest absolute Gasteiger partial charge is 0.389 e. The van der Waals surface area contributed by atoms with Gasteiger partial charge in [0.2, 0.25) is 0 Å². The number of amides is 2. The van der Waals surface area contributed by atoms with E-state index in [9.17, 15) is 9.90 Å². The quantitative estimate of drug-likeness (QED) is 0.869. The van der Waals surface area contributed by atoms with Gasteiger partial charge in [0.25, 0.3) is 0 Å². The summed E-state index contributed by atoms with van der Waals surface area (Å²) in [5.74, 6) is 1.12. The molecule has 7 nitrogen and oxygen atoms in total. The third kappa shape index (κ3) is 3.30. The van der Waals surface area contributed by atoms with Crippen LogP contribution in [0.25, 0.3) is 11.0 Å². The zero-order valence-electron chi connectivity index (χ0n) is 16.4. The van der Waals surface area contributed by atoms with Gasteiger partial charge in [0.1, 0.15) is 5.82 Å². The van der Waals surface area contributed by atoms with Gasteiger partial charge in [-0.15, -0.1) is 0 Å². The highest BCUT2D eigenvalue weighted by atomic mass is 16.3. The minimum Gasteiger partial charge on any atom is -0.389 e. The average molecular weight is 371 g/mol. The van der Waals surface area contributed by atoms with Gasteiger partial charge in [0, 0.05) is 53.2 Å². The van der Waals surface area contributed by atoms with E-state index in [-0.39, 0.29) is 11.9 Å². The summed E-state index contributed by atoms with van der Waals surface area (Å²) >= 11 is 0. The third-order valence-corrected chi connectivity index (χ3v) is 6.25. The number of carbonyl (C=O) groups excluding carboxylic acids is 1. The molecule has 1 aromatic carbocycles. The van der Waals surface area contributed by atoms with Crippen LogP contribution < -0.4 is 0 Å². The number of hydrogen-bond donors (Lipinski definition) is 1. The number of urea groups is 1. The molecule has 2 amide bonds. The lowest BCUT2D eigenvalue weighted by molar-refractivity contribution is -0.109.